The maximum Gasteiger partial charge on any atom is 0.234 e. The molecule has 2 atom stereocenters. The van der Waals surface area contributed by atoms with Crippen LogP contribution in [0.4, 0.5) is 0 Å². The molecular weight excluding hydrogens is 238 g/mol. The zero-order chi connectivity index (χ0) is 13.8. The summed E-state index contributed by atoms with van der Waals surface area (Å²) < 4.78 is 0. The van der Waals surface area contributed by atoms with E-state index in [0.717, 1.165) is 18.5 Å². The highest BCUT2D eigenvalue weighted by Gasteiger charge is 2.34. The Hall–Kier alpha value is -0.610. The summed E-state index contributed by atoms with van der Waals surface area (Å²) >= 11 is 0. The molecule has 19 heavy (non-hydrogen) atoms. The van der Waals surface area contributed by atoms with Gasteiger partial charge in [-0.2, -0.15) is 0 Å². The summed E-state index contributed by atoms with van der Waals surface area (Å²) in [6.07, 6.45) is 4.08. The molecule has 1 saturated heterocycles. The topological polar surface area (TPSA) is 44.4 Å². The summed E-state index contributed by atoms with van der Waals surface area (Å²) in [4.78, 5) is 14.3. The van der Waals surface area contributed by atoms with E-state index in [0.29, 0.717) is 12.5 Å². The average molecular weight is 267 g/mol. The molecule has 2 N–H and O–H groups in total. The van der Waals surface area contributed by atoms with Crippen LogP contribution >= 0.6 is 0 Å². The van der Waals surface area contributed by atoms with Crippen LogP contribution in [0, 0.1) is 11.8 Å². The molecule has 0 aromatic rings. The monoisotopic (exact) mass is 267 g/mol. The maximum absolute atomic E-state index is 11.7. The van der Waals surface area contributed by atoms with E-state index in [4.69, 9.17) is 0 Å². The molecule has 1 saturated carbocycles. The number of carbonyl (C=O) groups excluding carboxylic acids is 1. The molecule has 0 aromatic heterocycles. The second-order valence-corrected chi connectivity index (χ2v) is 6.61. The van der Waals surface area contributed by atoms with Crippen molar-refractivity contribution in [1.82, 2.24) is 15.5 Å². The number of likely N-dealkylation sites (tertiary alicyclic amines) is 1. The van der Waals surface area contributed by atoms with Crippen LogP contribution in [0.15, 0.2) is 0 Å². The highest BCUT2D eigenvalue weighted by atomic mass is 16.1. The summed E-state index contributed by atoms with van der Waals surface area (Å²) in [6, 6.07) is 1.14. The van der Waals surface area contributed by atoms with E-state index in [1.807, 2.05) is 0 Å². The molecule has 1 amide bonds. The Morgan fingerprint density at radius 3 is 2.63 bits per heavy atom. The number of rotatable bonds is 7. The minimum atomic E-state index is 0.123. The van der Waals surface area contributed by atoms with Crippen LogP contribution in [0.1, 0.15) is 40.0 Å². The van der Waals surface area contributed by atoms with Gasteiger partial charge in [-0.1, -0.05) is 13.8 Å². The van der Waals surface area contributed by atoms with Crippen LogP contribution in [0.3, 0.4) is 0 Å². The quantitative estimate of drug-likeness (QED) is 0.729. The fourth-order valence-electron chi connectivity index (χ4n) is 2.66. The third-order valence-corrected chi connectivity index (χ3v) is 4.49. The predicted octanol–water partition coefficient (Wildman–Crippen LogP) is 1.22. The van der Waals surface area contributed by atoms with Gasteiger partial charge in [0.2, 0.25) is 5.91 Å². The Morgan fingerprint density at radius 1 is 1.26 bits per heavy atom. The minimum Gasteiger partial charge on any atom is -0.352 e. The van der Waals surface area contributed by atoms with Gasteiger partial charge in [-0.05, 0) is 51.1 Å². The SMILES string of the molecule is CC(C)C(C)NC(=O)CNCC1CCN(C2CC2)C1. The van der Waals surface area contributed by atoms with Crippen molar-refractivity contribution in [1.29, 1.82) is 0 Å². The van der Waals surface area contributed by atoms with Gasteiger partial charge in [-0.3, -0.25) is 4.79 Å². The predicted molar refractivity (Wildman–Crippen MR) is 78.0 cm³/mol. The Bertz CT molecular complexity index is 302. The lowest BCUT2D eigenvalue weighted by Gasteiger charge is -2.18. The maximum atomic E-state index is 11.7. The highest BCUT2D eigenvalue weighted by molar-refractivity contribution is 5.78. The van der Waals surface area contributed by atoms with Crippen LogP contribution in [0.5, 0.6) is 0 Å². The summed E-state index contributed by atoms with van der Waals surface area (Å²) in [5.41, 5.74) is 0. The first-order valence-corrected chi connectivity index (χ1v) is 7.80. The molecule has 2 aliphatic rings. The van der Waals surface area contributed by atoms with Crippen LogP contribution in [-0.2, 0) is 4.79 Å². The summed E-state index contributed by atoms with van der Waals surface area (Å²) in [6.45, 7) is 10.2. The third-order valence-electron chi connectivity index (χ3n) is 4.49. The normalized spacial score (nSPS) is 25.8. The van der Waals surface area contributed by atoms with E-state index in [2.05, 4.69) is 36.3 Å². The first kappa shape index (κ1) is 14.8. The Morgan fingerprint density at radius 2 is 2.00 bits per heavy atom. The van der Waals surface area contributed by atoms with Gasteiger partial charge in [0.1, 0.15) is 0 Å². The second-order valence-electron chi connectivity index (χ2n) is 6.61. The number of carbonyl (C=O) groups is 1. The van der Waals surface area contributed by atoms with E-state index in [1.54, 1.807) is 0 Å². The molecule has 4 nitrogen and oxygen atoms in total. The Kier molecular flexibility index (Phi) is 5.22. The standard InChI is InChI=1S/C15H29N3O/c1-11(2)12(3)17-15(19)9-16-8-13-6-7-18(10-13)14-4-5-14/h11-14,16H,4-10H2,1-3H3,(H,17,19). The van der Waals surface area contributed by atoms with Crippen LogP contribution < -0.4 is 10.6 Å². The number of hydrogen-bond acceptors (Lipinski definition) is 3. The fraction of sp³-hybridized carbons (Fsp3) is 0.933. The van der Waals surface area contributed by atoms with E-state index in [9.17, 15) is 4.79 Å². The lowest BCUT2D eigenvalue weighted by molar-refractivity contribution is -0.121. The van der Waals surface area contributed by atoms with Crippen molar-refractivity contribution in [3.63, 3.8) is 0 Å². The van der Waals surface area contributed by atoms with E-state index in [-0.39, 0.29) is 11.9 Å². The lowest BCUT2D eigenvalue weighted by Crippen LogP contribution is -2.42. The average Bonchev–Trinajstić information content (AvgIpc) is 3.10. The van der Waals surface area contributed by atoms with Crippen molar-refractivity contribution in [2.24, 2.45) is 11.8 Å². The van der Waals surface area contributed by atoms with Gasteiger partial charge >= 0.3 is 0 Å². The van der Waals surface area contributed by atoms with Gasteiger partial charge in [0.25, 0.3) is 0 Å². The second kappa shape index (κ2) is 6.71. The number of hydrogen-bond donors (Lipinski definition) is 2. The van der Waals surface area contributed by atoms with E-state index >= 15 is 0 Å². The van der Waals surface area contributed by atoms with Gasteiger partial charge in [0.15, 0.2) is 0 Å². The van der Waals surface area contributed by atoms with E-state index < -0.39 is 0 Å². The first-order chi connectivity index (χ1) is 9.06. The largest absolute Gasteiger partial charge is 0.352 e. The van der Waals surface area contributed by atoms with Gasteiger partial charge in [0, 0.05) is 18.6 Å². The van der Waals surface area contributed by atoms with Crippen molar-refractivity contribution >= 4 is 5.91 Å². The first-order valence-electron chi connectivity index (χ1n) is 7.80. The van der Waals surface area contributed by atoms with Crippen molar-refractivity contribution in [2.75, 3.05) is 26.2 Å². The number of nitrogens with one attached hydrogen (secondary N) is 2. The molecule has 0 spiro atoms. The van der Waals surface area contributed by atoms with Gasteiger partial charge < -0.3 is 15.5 Å². The molecular formula is C15H29N3O. The smallest absolute Gasteiger partial charge is 0.234 e. The highest BCUT2D eigenvalue weighted by Crippen LogP contribution is 2.31. The zero-order valence-corrected chi connectivity index (χ0v) is 12.6. The molecule has 2 fully saturated rings. The van der Waals surface area contributed by atoms with Crippen molar-refractivity contribution in [2.45, 2.75) is 52.1 Å². The van der Waals surface area contributed by atoms with Crippen molar-refractivity contribution in [3.8, 4) is 0 Å². The van der Waals surface area contributed by atoms with Crippen LogP contribution in [0.25, 0.3) is 0 Å². The summed E-state index contributed by atoms with van der Waals surface area (Å²) in [5.74, 6) is 1.35. The molecule has 0 aromatic carbocycles. The molecule has 1 heterocycles. The molecule has 0 bridgehead atoms. The minimum absolute atomic E-state index is 0.123. The fourth-order valence-corrected chi connectivity index (χ4v) is 2.66. The van der Waals surface area contributed by atoms with E-state index in [1.165, 1.54) is 32.4 Å². The number of nitrogens with zero attached hydrogens (tertiary/aromatic N) is 1. The Labute approximate surface area is 117 Å². The van der Waals surface area contributed by atoms with Crippen LogP contribution in [-0.4, -0.2) is 49.1 Å². The Balaban J connectivity index is 1.55. The third kappa shape index (κ3) is 4.77. The molecule has 1 aliphatic carbocycles. The summed E-state index contributed by atoms with van der Waals surface area (Å²) in [5, 5.41) is 6.34. The zero-order valence-electron chi connectivity index (χ0n) is 12.6. The van der Waals surface area contributed by atoms with Crippen LogP contribution in [0.2, 0.25) is 0 Å². The molecule has 0 radical (unpaired) electrons. The molecule has 1 aliphatic heterocycles. The molecule has 2 unspecified atom stereocenters. The van der Waals surface area contributed by atoms with Crippen molar-refractivity contribution < 1.29 is 4.79 Å². The molecule has 4 heteroatoms. The molecule has 2 rings (SSSR count). The van der Waals surface area contributed by atoms with Gasteiger partial charge in [-0.25, -0.2) is 0 Å². The number of amides is 1. The van der Waals surface area contributed by atoms with Gasteiger partial charge in [-0.15, -0.1) is 0 Å². The van der Waals surface area contributed by atoms with Crippen molar-refractivity contribution in [3.05, 3.63) is 0 Å². The summed E-state index contributed by atoms with van der Waals surface area (Å²) in [7, 11) is 0. The molecule has 110 valence electrons. The lowest BCUT2D eigenvalue weighted by atomic mass is 10.1. The van der Waals surface area contributed by atoms with Gasteiger partial charge in [0.05, 0.1) is 6.54 Å².